The van der Waals surface area contributed by atoms with Gasteiger partial charge < -0.3 is 10.1 Å². The maximum Gasteiger partial charge on any atom is 0.232 e. The number of sulfonamides is 1. The molecule has 2 N–H and O–H groups in total. The molecule has 0 aromatic heterocycles. The molecule has 5 nitrogen and oxygen atoms in total. The van der Waals surface area contributed by atoms with Gasteiger partial charge in [0.25, 0.3) is 0 Å². The molecular weight excluding hydrogens is 240 g/mol. The van der Waals surface area contributed by atoms with Crippen molar-refractivity contribution in [3.05, 3.63) is 24.3 Å². The van der Waals surface area contributed by atoms with Gasteiger partial charge in [0.05, 0.1) is 18.6 Å². The first kappa shape index (κ1) is 13.8. The Balaban J connectivity index is 2.62. The summed E-state index contributed by atoms with van der Waals surface area (Å²) in [7, 11) is 0.0585. The van der Waals surface area contributed by atoms with Gasteiger partial charge in [0.1, 0.15) is 5.75 Å². The summed E-state index contributed by atoms with van der Waals surface area (Å²) in [6, 6.07) is 6.84. The van der Waals surface area contributed by atoms with Crippen LogP contribution in [0.3, 0.4) is 0 Å². The van der Waals surface area contributed by atoms with Gasteiger partial charge in [-0.15, -0.1) is 0 Å². The Bertz CT molecular complexity index is 446. The van der Waals surface area contributed by atoms with E-state index in [1.165, 1.54) is 0 Å². The molecule has 0 radical (unpaired) electrons. The largest absolute Gasteiger partial charge is 0.497 e. The molecular formula is C11H18N2O3S. The standard InChI is InChI=1S/C11H18N2O3S/c1-12-7-4-8-17(14,15)13-10-5-3-6-11(9-10)16-2/h3,5-6,9,12-13H,4,7-8H2,1-2H3. The van der Waals surface area contributed by atoms with Crippen LogP contribution in [0, 0.1) is 0 Å². The number of hydrogen-bond acceptors (Lipinski definition) is 4. The van der Waals surface area contributed by atoms with Gasteiger partial charge in [-0.05, 0) is 32.1 Å². The zero-order chi connectivity index (χ0) is 12.7. The highest BCUT2D eigenvalue weighted by molar-refractivity contribution is 7.92. The Kier molecular flexibility index (Phi) is 5.24. The van der Waals surface area contributed by atoms with E-state index in [0.717, 1.165) is 0 Å². The minimum absolute atomic E-state index is 0.102. The number of benzene rings is 1. The molecule has 0 heterocycles. The topological polar surface area (TPSA) is 67.4 Å². The lowest BCUT2D eigenvalue weighted by molar-refractivity contribution is 0.415. The van der Waals surface area contributed by atoms with Gasteiger partial charge in [0.15, 0.2) is 0 Å². The van der Waals surface area contributed by atoms with Crippen LogP contribution in [0.25, 0.3) is 0 Å². The summed E-state index contributed by atoms with van der Waals surface area (Å²) in [5.74, 6) is 0.728. The van der Waals surface area contributed by atoms with Crippen molar-refractivity contribution >= 4 is 15.7 Å². The molecule has 0 spiro atoms. The molecule has 0 amide bonds. The van der Waals surface area contributed by atoms with Gasteiger partial charge >= 0.3 is 0 Å². The van der Waals surface area contributed by atoms with Crippen molar-refractivity contribution in [1.82, 2.24) is 5.32 Å². The summed E-state index contributed by atoms with van der Waals surface area (Å²) in [4.78, 5) is 0. The SMILES string of the molecule is CNCCCS(=O)(=O)Nc1cccc(OC)c1. The molecule has 1 aromatic carbocycles. The summed E-state index contributed by atoms with van der Waals surface area (Å²) in [6.45, 7) is 0.680. The van der Waals surface area contributed by atoms with Crippen LogP contribution in [-0.2, 0) is 10.0 Å². The minimum atomic E-state index is -3.28. The Morgan fingerprint density at radius 1 is 1.35 bits per heavy atom. The van der Waals surface area contributed by atoms with Gasteiger partial charge in [-0.2, -0.15) is 0 Å². The first-order valence-corrected chi connectivity index (χ1v) is 7.02. The predicted molar refractivity (Wildman–Crippen MR) is 68.9 cm³/mol. The highest BCUT2D eigenvalue weighted by atomic mass is 32.2. The number of anilines is 1. The van der Waals surface area contributed by atoms with Crippen molar-refractivity contribution < 1.29 is 13.2 Å². The molecule has 17 heavy (non-hydrogen) atoms. The summed E-state index contributed by atoms with van der Waals surface area (Å²) >= 11 is 0. The maximum absolute atomic E-state index is 11.7. The van der Waals surface area contributed by atoms with Crippen LogP contribution in [0.2, 0.25) is 0 Å². The Labute approximate surface area is 102 Å². The van der Waals surface area contributed by atoms with Crippen LogP contribution in [-0.4, -0.2) is 34.9 Å². The molecule has 0 fully saturated rings. The summed E-state index contributed by atoms with van der Waals surface area (Å²) in [6.07, 6.45) is 0.579. The van der Waals surface area contributed by atoms with E-state index in [1.54, 1.807) is 38.4 Å². The molecule has 0 bridgehead atoms. The van der Waals surface area contributed by atoms with Crippen molar-refractivity contribution in [3.63, 3.8) is 0 Å². The van der Waals surface area contributed by atoms with Crippen LogP contribution in [0.4, 0.5) is 5.69 Å². The second-order valence-corrected chi connectivity index (χ2v) is 5.45. The summed E-state index contributed by atoms with van der Waals surface area (Å²) in [5, 5.41) is 2.91. The summed E-state index contributed by atoms with van der Waals surface area (Å²) < 4.78 is 30.9. The van der Waals surface area contributed by atoms with E-state index in [-0.39, 0.29) is 5.75 Å². The predicted octanol–water partition coefficient (Wildman–Crippen LogP) is 1.05. The first-order valence-electron chi connectivity index (χ1n) is 5.36. The monoisotopic (exact) mass is 258 g/mol. The second kappa shape index (κ2) is 6.46. The molecule has 0 saturated heterocycles. The molecule has 6 heteroatoms. The van der Waals surface area contributed by atoms with Gasteiger partial charge in [-0.1, -0.05) is 6.07 Å². The lowest BCUT2D eigenvalue weighted by Gasteiger charge is -2.08. The zero-order valence-electron chi connectivity index (χ0n) is 10.1. The zero-order valence-corrected chi connectivity index (χ0v) is 10.9. The number of rotatable bonds is 7. The van der Waals surface area contributed by atoms with Crippen LogP contribution in [0.1, 0.15) is 6.42 Å². The van der Waals surface area contributed by atoms with Crippen molar-refractivity contribution in [1.29, 1.82) is 0 Å². The lowest BCUT2D eigenvalue weighted by atomic mass is 10.3. The van der Waals surface area contributed by atoms with E-state index in [1.807, 2.05) is 0 Å². The van der Waals surface area contributed by atoms with Gasteiger partial charge in [0, 0.05) is 6.07 Å². The molecule has 0 aliphatic rings. The third-order valence-electron chi connectivity index (χ3n) is 2.18. The highest BCUT2D eigenvalue weighted by Crippen LogP contribution is 2.17. The molecule has 1 aromatic rings. The number of methoxy groups -OCH3 is 1. The van der Waals surface area contributed by atoms with Crippen LogP contribution in [0.5, 0.6) is 5.75 Å². The maximum atomic E-state index is 11.7. The fourth-order valence-corrected chi connectivity index (χ4v) is 2.47. The van der Waals surface area contributed by atoms with E-state index in [2.05, 4.69) is 10.0 Å². The van der Waals surface area contributed by atoms with Crippen molar-refractivity contribution in [3.8, 4) is 5.75 Å². The quantitative estimate of drug-likeness (QED) is 0.717. The average molecular weight is 258 g/mol. The highest BCUT2D eigenvalue weighted by Gasteiger charge is 2.09. The van der Waals surface area contributed by atoms with Gasteiger partial charge in [-0.3, -0.25) is 4.72 Å². The van der Waals surface area contributed by atoms with E-state index in [4.69, 9.17) is 4.74 Å². The number of nitrogens with one attached hydrogen (secondary N) is 2. The molecule has 0 saturated carbocycles. The lowest BCUT2D eigenvalue weighted by Crippen LogP contribution is -2.20. The van der Waals surface area contributed by atoms with E-state index >= 15 is 0 Å². The van der Waals surface area contributed by atoms with E-state index in [9.17, 15) is 8.42 Å². The Morgan fingerprint density at radius 2 is 2.12 bits per heavy atom. The number of ether oxygens (including phenoxy) is 1. The van der Waals surface area contributed by atoms with Crippen LogP contribution >= 0.6 is 0 Å². The third kappa shape index (κ3) is 5.06. The normalized spacial score (nSPS) is 11.2. The molecule has 0 atom stereocenters. The number of hydrogen-bond donors (Lipinski definition) is 2. The smallest absolute Gasteiger partial charge is 0.232 e. The fourth-order valence-electron chi connectivity index (χ4n) is 1.36. The Hall–Kier alpha value is -1.27. The summed E-state index contributed by atoms with van der Waals surface area (Å²) in [5.41, 5.74) is 0.522. The van der Waals surface area contributed by atoms with Crippen LogP contribution < -0.4 is 14.8 Å². The second-order valence-electron chi connectivity index (χ2n) is 3.61. The van der Waals surface area contributed by atoms with Crippen molar-refractivity contribution in [2.45, 2.75) is 6.42 Å². The van der Waals surface area contributed by atoms with E-state index < -0.39 is 10.0 Å². The first-order chi connectivity index (χ1) is 8.07. The molecule has 1 rings (SSSR count). The molecule has 0 aliphatic heterocycles. The van der Waals surface area contributed by atoms with Gasteiger partial charge in [-0.25, -0.2) is 8.42 Å². The van der Waals surface area contributed by atoms with Gasteiger partial charge in [0.2, 0.25) is 10.0 Å². The molecule has 96 valence electrons. The molecule has 0 aliphatic carbocycles. The minimum Gasteiger partial charge on any atom is -0.497 e. The van der Waals surface area contributed by atoms with Crippen molar-refractivity contribution in [2.75, 3.05) is 31.2 Å². The average Bonchev–Trinajstić information content (AvgIpc) is 2.29. The van der Waals surface area contributed by atoms with Crippen LogP contribution in [0.15, 0.2) is 24.3 Å². The molecule has 0 unspecified atom stereocenters. The Morgan fingerprint density at radius 3 is 2.76 bits per heavy atom. The van der Waals surface area contributed by atoms with Crippen molar-refractivity contribution in [2.24, 2.45) is 0 Å². The van der Waals surface area contributed by atoms with E-state index in [0.29, 0.717) is 24.4 Å². The third-order valence-corrected chi connectivity index (χ3v) is 3.56. The fraction of sp³-hybridized carbons (Fsp3) is 0.455.